The summed E-state index contributed by atoms with van der Waals surface area (Å²) < 4.78 is 0. The van der Waals surface area contributed by atoms with Crippen molar-refractivity contribution >= 4 is 11.8 Å². The summed E-state index contributed by atoms with van der Waals surface area (Å²) >= 11 is 0. The van der Waals surface area contributed by atoms with Gasteiger partial charge in [-0.25, -0.2) is 0 Å². The molecule has 0 aromatic rings. The summed E-state index contributed by atoms with van der Waals surface area (Å²) in [4.78, 5) is 25.1. The zero-order valence-corrected chi connectivity index (χ0v) is 11.1. The standard InChI is InChI=1S/C12H23N3O2/c1-8(2)13-11(16)7-15(4)9(3)12(17)14-10-5-6-10/h8-10H,5-7H2,1-4H3,(H,13,16)(H,14,17). The Bertz CT molecular complexity index is 287. The van der Waals surface area contributed by atoms with E-state index in [1.165, 1.54) is 0 Å². The Morgan fingerprint density at radius 3 is 2.35 bits per heavy atom. The number of nitrogens with zero attached hydrogens (tertiary/aromatic N) is 1. The molecule has 0 aromatic carbocycles. The Balaban J connectivity index is 2.31. The number of carbonyl (C=O) groups excluding carboxylic acids is 2. The summed E-state index contributed by atoms with van der Waals surface area (Å²) in [6.45, 7) is 5.90. The highest BCUT2D eigenvalue weighted by Crippen LogP contribution is 2.18. The van der Waals surface area contributed by atoms with Crippen molar-refractivity contribution in [2.75, 3.05) is 13.6 Å². The van der Waals surface area contributed by atoms with Crippen molar-refractivity contribution in [3.63, 3.8) is 0 Å². The number of carbonyl (C=O) groups is 2. The molecule has 0 radical (unpaired) electrons. The molecular weight excluding hydrogens is 218 g/mol. The van der Waals surface area contributed by atoms with Gasteiger partial charge in [0.05, 0.1) is 12.6 Å². The van der Waals surface area contributed by atoms with Crippen LogP contribution in [0.1, 0.15) is 33.6 Å². The van der Waals surface area contributed by atoms with E-state index in [1.54, 1.807) is 11.9 Å². The molecule has 1 fully saturated rings. The fourth-order valence-electron chi connectivity index (χ4n) is 1.48. The Labute approximate surface area is 103 Å². The number of likely N-dealkylation sites (N-methyl/N-ethyl adjacent to an activating group) is 1. The predicted octanol–water partition coefficient (Wildman–Crippen LogP) is 0.110. The molecule has 0 aromatic heterocycles. The Morgan fingerprint density at radius 2 is 1.88 bits per heavy atom. The average molecular weight is 241 g/mol. The molecule has 17 heavy (non-hydrogen) atoms. The van der Waals surface area contributed by atoms with Crippen LogP contribution in [-0.4, -0.2) is 48.4 Å². The van der Waals surface area contributed by atoms with Gasteiger partial charge in [-0.05, 0) is 40.7 Å². The largest absolute Gasteiger partial charge is 0.353 e. The molecule has 1 saturated carbocycles. The predicted molar refractivity (Wildman–Crippen MR) is 66.5 cm³/mol. The van der Waals surface area contributed by atoms with Gasteiger partial charge in [-0.1, -0.05) is 0 Å². The second kappa shape index (κ2) is 6.00. The van der Waals surface area contributed by atoms with Crippen LogP contribution in [0.2, 0.25) is 0 Å². The van der Waals surface area contributed by atoms with Gasteiger partial charge in [-0.2, -0.15) is 0 Å². The van der Waals surface area contributed by atoms with Crippen molar-refractivity contribution in [3.05, 3.63) is 0 Å². The summed E-state index contributed by atoms with van der Waals surface area (Å²) in [5.41, 5.74) is 0. The molecule has 0 heterocycles. The van der Waals surface area contributed by atoms with Crippen molar-refractivity contribution in [1.29, 1.82) is 0 Å². The van der Waals surface area contributed by atoms with E-state index in [0.29, 0.717) is 6.04 Å². The van der Waals surface area contributed by atoms with Crippen LogP contribution in [0.15, 0.2) is 0 Å². The molecule has 0 saturated heterocycles. The SMILES string of the molecule is CC(C)NC(=O)CN(C)C(C)C(=O)NC1CC1. The third kappa shape index (κ3) is 5.17. The van der Waals surface area contributed by atoms with E-state index in [2.05, 4.69) is 10.6 Å². The van der Waals surface area contributed by atoms with E-state index in [1.807, 2.05) is 20.8 Å². The molecule has 1 rings (SSSR count). The number of amides is 2. The molecule has 1 aliphatic carbocycles. The van der Waals surface area contributed by atoms with Gasteiger partial charge in [-0.3, -0.25) is 14.5 Å². The van der Waals surface area contributed by atoms with Gasteiger partial charge in [0.2, 0.25) is 11.8 Å². The second-order valence-corrected chi connectivity index (χ2v) is 5.10. The molecule has 0 spiro atoms. The molecule has 1 aliphatic rings. The van der Waals surface area contributed by atoms with Crippen LogP contribution in [0.5, 0.6) is 0 Å². The van der Waals surface area contributed by atoms with Gasteiger partial charge >= 0.3 is 0 Å². The number of hydrogen-bond acceptors (Lipinski definition) is 3. The van der Waals surface area contributed by atoms with Crippen molar-refractivity contribution < 1.29 is 9.59 Å². The van der Waals surface area contributed by atoms with Gasteiger partial charge in [0.1, 0.15) is 0 Å². The summed E-state index contributed by atoms with van der Waals surface area (Å²) in [7, 11) is 1.79. The topological polar surface area (TPSA) is 61.4 Å². The molecule has 2 amide bonds. The highest BCUT2D eigenvalue weighted by atomic mass is 16.2. The van der Waals surface area contributed by atoms with E-state index in [0.717, 1.165) is 12.8 Å². The van der Waals surface area contributed by atoms with E-state index >= 15 is 0 Å². The minimum atomic E-state index is -0.270. The average Bonchev–Trinajstić information content (AvgIpc) is 2.98. The fourth-order valence-corrected chi connectivity index (χ4v) is 1.48. The van der Waals surface area contributed by atoms with Crippen molar-refractivity contribution in [2.24, 2.45) is 0 Å². The first-order valence-electron chi connectivity index (χ1n) is 6.20. The van der Waals surface area contributed by atoms with Gasteiger partial charge in [0.25, 0.3) is 0 Å². The maximum Gasteiger partial charge on any atom is 0.237 e. The molecule has 5 heteroatoms. The first-order valence-corrected chi connectivity index (χ1v) is 6.20. The van der Waals surface area contributed by atoms with Gasteiger partial charge in [-0.15, -0.1) is 0 Å². The third-order valence-corrected chi connectivity index (χ3v) is 2.81. The number of hydrogen-bond donors (Lipinski definition) is 2. The van der Waals surface area contributed by atoms with Crippen LogP contribution >= 0.6 is 0 Å². The highest BCUT2D eigenvalue weighted by Gasteiger charge is 2.27. The summed E-state index contributed by atoms with van der Waals surface area (Å²) in [6, 6.07) is 0.225. The first-order chi connectivity index (χ1) is 7.90. The lowest BCUT2D eigenvalue weighted by atomic mass is 10.2. The lowest BCUT2D eigenvalue weighted by molar-refractivity contribution is -0.127. The van der Waals surface area contributed by atoms with Crippen LogP contribution in [0.4, 0.5) is 0 Å². The molecular formula is C12H23N3O2. The molecule has 1 unspecified atom stereocenters. The molecule has 1 atom stereocenters. The third-order valence-electron chi connectivity index (χ3n) is 2.81. The maximum absolute atomic E-state index is 11.8. The van der Waals surface area contributed by atoms with E-state index in [-0.39, 0.29) is 30.4 Å². The van der Waals surface area contributed by atoms with E-state index < -0.39 is 0 Å². The summed E-state index contributed by atoms with van der Waals surface area (Å²) in [5.74, 6) is -0.0408. The molecule has 5 nitrogen and oxygen atoms in total. The van der Waals surface area contributed by atoms with Gasteiger partial charge in [0, 0.05) is 12.1 Å². The number of rotatable bonds is 6. The summed E-state index contributed by atoms with van der Waals surface area (Å²) in [5, 5.41) is 5.74. The highest BCUT2D eigenvalue weighted by molar-refractivity contribution is 5.83. The molecule has 98 valence electrons. The van der Waals surface area contributed by atoms with Crippen molar-refractivity contribution in [1.82, 2.24) is 15.5 Å². The minimum Gasteiger partial charge on any atom is -0.353 e. The second-order valence-electron chi connectivity index (χ2n) is 5.10. The Kier molecular flexibility index (Phi) is 4.93. The first kappa shape index (κ1) is 14.0. The van der Waals surface area contributed by atoms with Gasteiger partial charge in [0.15, 0.2) is 0 Å². The van der Waals surface area contributed by atoms with Crippen LogP contribution in [0.3, 0.4) is 0 Å². The minimum absolute atomic E-state index is 0.00680. The maximum atomic E-state index is 11.8. The lowest BCUT2D eigenvalue weighted by Gasteiger charge is -2.23. The van der Waals surface area contributed by atoms with E-state index in [4.69, 9.17) is 0 Å². The molecule has 0 aliphatic heterocycles. The van der Waals surface area contributed by atoms with E-state index in [9.17, 15) is 9.59 Å². The zero-order valence-electron chi connectivity index (χ0n) is 11.1. The van der Waals surface area contributed by atoms with Crippen molar-refractivity contribution in [2.45, 2.75) is 51.7 Å². The molecule has 0 bridgehead atoms. The van der Waals surface area contributed by atoms with Crippen LogP contribution in [-0.2, 0) is 9.59 Å². The van der Waals surface area contributed by atoms with Crippen LogP contribution < -0.4 is 10.6 Å². The lowest BCUT2D eigenvalue weighted by Crippen LogP contribution is -2.48. The Morgan fingerprint density at radius 1 is 1.29 bits per heavy atom. The number of nitrogens with one attached hydrogen (secondary N) is 2. The monoisotopic (exact) mass is 241 g/mol. The smallest absolute Gasteiger partial charge is 0.237 e. The van der Waals surface area contributed by atoms with Crippen LogP contribution in [0.25, 0.3) is 0 Å². The zero-order chi connectivity index (χ0) is 13.0. The van der Waals surface area contributed by atoms with Gasteiger partial charge < -0.3 is 10.6 Å². The normalized spacial score (nSPS) is 17.1. The Hall–Kier alpha value is -1.10. The van der Waals surface area contributed by atoms with Crippen molar-refractivity contribution in [3.8, 4) is 0 Å². The fraction of sp³-hybridized carbons (Fsp3) is 0.833. The van der Waals surface area contributed by atoms with Crippen LogP contribution in [0, 0.1) is 0 Å². The summed E-state index contributed by atoms with van der Waals surface area (Å²) in [6.07, 6.45) is 2.16. The molecule has 2 N–H and O–H groups in total. The quantitative estimate of drug-likeness (QED) is 0.694.